The summed E-state index contributed by atoms with van der Waals surface area (Å²) >= 11 is 0. The van der Waals surface area contributed by atoms with E-state index in [4.69, 9.17) is 0 Å². The van der Waals surface area contributed by atoms with Gasteiger partial charge in [0.05, 0.1) is 0 Å². The third-order valence-electron chi connectivity index (χ3n) is 8.33. The highest BCUT2D eigenvalue weighted by Gasteiger charge is 2.64. The lowest BCUT2D eigenvalue weighted by Gasteiger charge is -2.49. The first-order chi connectivity index (χ1) is 9.28. The van der Waals surface area contributed by atoms with Crippen molar-refractivity contribution >= 4 is 0 Å². The lowest BCUT2D eigenvalue weighted by molar-refractivity contribution is 0.0752. The second-order valence-electron chi connectivity index (χ2n) is 9.81. The lowest BCUT2D eigenvalue weighted by Crippen LogP contribution is -2.40. The van der Waals surface area contributed by atoms with Gasteiger partial charge in [-0.2, -0.15) is 0 Å². The Labute approximate surface area is 125 Å². The Balaban J connectivity index is 1.77. The molecule has 0 radical (unpaired) electrons. The summed E-state index contributed by atoms with van der Waals surface area (Å²) in [4.78, 5) is 0. The molecule has 0 aliphatic heterocycles. The quantitative estimate of drug-likeness (QED) is 0.476. The van der Waals surface area contributed by atoms with Crippen LogP contribution in [0.3, 0.4) is 0 Å². The average molecular weight is 272 g/mol. The van der Waals surface area contributed by atoms with E-state index in [1.54, 1.807) is 5.57 Å². The largest absolute Gasteiger partial charge is 0.0735 e. The third-order valence-corrected chi connectivity index (χ3v) is 8.33. The van der Waals surface area contributed by atoms with Gasteiger partial charge < -0.3 is 0 Å². The summed E-state index contributed by atoms with van der Waals surface area (Å²) in [6, 6.07) is 0. The van der Waals surface area contributed by atoms with Crippen molar-refractivity contribution in [3.05, 3.63) is 11.1 Å². The minimum absolute atomic E-state index is 0.590. The van der Waals surface area contributed by atoms with Crippen LogP contribution in [-0.4, -0.2) is 0 Å². The molecule has 20 heavy (non-hydrogen) atoms. The zero-order valence-corrected chi connectivity index (χ0v) is 14.2. The monoisotopic (exact) mass is 272 g/mol. The number of fused-ring (bicyclic) bond motifs is 5. The highest BCUT2D eigenvalue weighted by molar-refractivity contribution is 5.32. The van der Waals surface area contributed by atoms with Gasteiger partial charge in [0.1, 0.15) is 0 Å². The summed E-state index contributed by atoms with van der Waals surface area (Å²) in [7, 11) is 0. The fourth-order valence-corrected chi connectivity index (χ4v) is 7.43. The summed E-state index contributed by atoms with van der Waals surface area (Å²) in [5, 5.41) is 0. The van der Waals surface area contributed by atoms with Crippen molar-refractivity contribution in [1.29, 1.82) is 0 Å². The molecule has 4 aliphatic rings. The van der Waals surface area contributed by atoms with Crippen molar-refractivity contribution in [2.45, 2.75) is 79.6 Å². The van der Waals surface area contributed by atoms with E-state index >= 15 is 0 Å². The standard InChI is InChI=1S/C20H32/c1-13-6-7-14-16(20(5)9-8-15(13)20)12-19(4)11-10-18(2,3)17(14)19/h14,16-17H,6-12H2,1-5H3/t14-,16-,17-,19-,20-/m1/s1. The Morgan fingerprint density at radius 1 is 0.950 bits per heavy atom. The maximum atomic E-state index is 2.64. The van der Waals surface area contributed by atoms with Crippen LogP contribution in [0, 0.1) is 34.0 Å². The SMILES string of the molecule is CC1=C2CC[C@@]2(C)[C@@H]2C[C@@]3(C)CCC(C)(C)[C@H]3[C@@H]2CC1. The van der Waals surface area contributed by atoms with Gasteiger partial charge in [-0.15, -0.1) is 0 Å². The molecular formula is C20H32. The average Bonchev–Trinajstić information content (AvgIpc) is 2.75. The lowest BCUT2D eigenvalue weighted by atomic mass is 9.55. The van der Waals surface area contributed by atoms with Crippen molar-refractivity contribution in [3.8, 4) is 0 Å². The zero-order chi connectivity index (χ0) is 14.3. The van der Waals surface area contributed by atoms with Crippen LogP contribution in [0.2, 0.25) is 0 Å². The van der Waals surface area contributed by atoms with Crippen LogP contribution in [0.4, 0.5) is 0 Å². The van der Waals surface area contributed by atoms with Gasteiger partial charge in [0.15, 0.2) is 0 Å². The van der Waals surface area contributed by atoms with Crippen LogP contribution >= 0.6 is 0 Å². The van der Waals surface area contributed by atoms with Gasteiger partial charge in [0.25, 0.3) is 0 Å². The molecule has 3 fully saturated rings. The van der Waals surface area contributed by atoms with Crippen LogP contribution in [0.1, 0.15) is 79.6 Å². The summed E-state index contributed by atoms with van der Waals surface area (Å²) in [5.74, 6) is 3.00. The molecule has 0 amide bonds. The number of hydrogen-bond acceptors (Lipinski definition) is 0. The molecule has 0 unspecified atom stereocenters. The highest BCUT2D eigenvalue weighted by Crippen LogP contribution is 2.73. The summed E-state index contributed by atoms with van der Waals surface area (Å²) in [5.41, 5.74) is 5.49. The third kappa shape index (κ3) is 1.44. The first-order valence-electron chi connectivity index (χ1n) is 8.97. The van der Waals surface area contributed by atoms with Gasteiger partial charge in [-0.25, -0.2) is 0 Å². The van der Waals surface area contributed by atoms with E-state index in [-0.39, 0.29) is 0 Å². The Morgan fingerprint density at radius 2 is 1.70 bits per heavy atom. The molecule has 3 saturated carbocycles. The first kappa shape index (κ1) is 13.4. The summed E-state index contributed by atoms with van der Waals surface area (Å²) in [6.07, 6.45) is 10.3. The smallest absolute Gasteiger partial charge is 0.00796 e. The Hall–Kier alpha value is -0.260. The molecule has 5 atom stereocenters. The van der Waals surface area contributed by atoms with E-state index in [9.17, 15) is 0 Å². The van der Waals surface area contributed by atoms with Gasteiger partial charge in [-0.05, 0) is 85.9 Å². The van der Waals surface area contributed by atoms with E-state index in [0.29, 0.717) is 16.2 Å². The molecule has 0 aromatic heterocycles. The topological polar surface area (TPSA) is 0 Å². The summed E-state index contributed by atoms with van der Waals surface area (Å²) in [6.45, 7) is 12.8. The van der Waals surface area contributed by atoms with Gasteiger partial charge in [-0.1, -0.05) is 38.8 Å². The normalized spacial score (nSPS) is 53.0. The van der Waals surface area contributed by atoms with Crippen molar-refractivity contribution in [1.82, 2.24) is 0 Å². The van der Waals surface area contributed by atoms with E-state index < -0.39 is 0 Å². The molecule has 0 bridgehead atoms. The fraction of sp³-hybridized carbons (Fsp3) is 0.900. The molecule has 0 aromatic rings. The second-order valence-corrected chi connectivity index (χ2v) is 9.81. The van der Waals surface area contributed by atoms with Crippen LogP contribution in [-0.2, 0) is 0 Å². The first-order valence-corrected chi connectivity index (χ1v) is 8.97. The number of hydrogen-bond donors (Lipinski definition) is 0. The molecule has 112 valence electrons. The highest BCUT2D eigenvalue weighted by atomic mass is 14.7. The van der Waals surface area contributed by atoms with Crippen LogP contribution in [0.15, 0.2) is 11.1 Å². The molecule has 4 aliphatic carbocycles. The molecule has 0 nitrogen and oxygen atoms in total. The molecule has 0 aromatic carbocycles. The van der Waals surface area contributed by atoms with E-state index in [1.165, 1.54) is 44.9 Å². The van der Waals surface area contributed by atoms with Crippen molar-refractivity contribution in [2.75, 3.05) is 0 Å². The molecule has 0 spiro atoms. The minimum atomic E-state index is 0.590. The van der Waals surface area contributed by atoms with Gasteiger partial charge >= 0.3 is 0 Å². The van der Waals surface area contributed by atoms with Gasteiger partial charge in [-0.3, -0.25) is 0 Å². The molecular weight excluding hydrogens is 240 g/mol. The Morgan fingerprint density at radius 3 is 2.35 bits per heavy atom. The number of rotatable bonds is 0. The molecule has 4 rings (SSSR count). The number of allylic oxidation sites excluding steroid dienone is 2. The van der Waals surface area contributed by atoms with Crippen molar-refractivity contribution < 1.29 is 0 Å². The van der Waals surface area contributed by atoms with Crippen LogP contribution < -0.4 is 0 Å². The Bertz CT molecular complexity index is 482. The van der Waals surface area contributed by atoms with E-state index in [0.717, 1.165) is 17.8 Å². The van der Waals surface area contributed by atoms with E-state index in [2.05, 4.69) is 34.6 Å². The molecule has 0 heterocycles. The molecule has 0 N–H and O–H groups in total. The van der Waals surface area contributed by atoms with E-state index in [1.807, 2.05) is 5.57 Å². The predicted molar refractivity (Wildman–Crippen MR) is 85.5 cm³/mol. The fourth-order valence-electron chi connectivity index (χ4n) is 7.43. The van der Waals surface area contributed by atoms with Gasteiger partial charge in [0, 0.05) is 0 Å². The second kappa shape index (κ2) is 3.73. The van der Waals surface area contributed by atoms with Crippen LogP contribution in [0.25, 0.3) is 0 Å². The van der Waals surface area contributed by atoms with Crippen LogP contribution in [0.5, 0.6) is 0 Å². The maximum Gasteiger partial charge on any atom is -0.00796 e. The van der Waals surface area contributed by atoms with Crippen molar-refractivity contribution in [2.24, 2.45) is 34.0 Å². The maximum absolute atomic E-state index is 2.64. The summed E-state index contributed by atoms with van der Waals surface area (Å²) < 4.78 is 0. The minimum Gasteiger partial charge on any atom is -0.0735 e. The predicted octanol–water partition coefficient (Wildman–Crippen LogP) is 5.98. The molecule has 0 saturated heterocycles. The van der Waals surface area contributed by atoms with Crippen molar-refractivity contribution in [3.63, 3.8) is 0 Å². The zero-order valence-electron chi connectivity index (χ0n) is 14.2. The molecule has 0 heteroatoms. The Kier molecular flexibility index (Phi) is 2.50. The van der Waals surface area contributed by atoms with Gasteiger partial charge in [0.2, 0.25) is 0 Å².